The van der Waals surface area contributed by atoms with E-state index in [4.69, 9.17) is 4.74 Å². The van der Waals surface area contributed by atoms with E-state index in [2.05, 4.69) is 4.72 Å². The van der Waals surface area contributed by atoms with Gasteiger partial charge in [-0.05, 0) is 50.5 Å². The van der Waals surface area contributed by atoms with Gasteiger partial charge in [-0.15, -0.1) is 0 Å². The van der Waals surface area contributed by atoms with Crippen molar-refractivity contribution in [3.05, 3.63) is 63.7 Å². The molecular formula is C18H22N2O5S. The Hall–Kier alpha value is -2.45. The minimum Gasteiger partial charge on any atom is -0.497 e. The Kier molecular flexibility index (Phi) is 6.33. The molecule has 0 aromatic heterocycles. The van der Waals surface area contributed by atoms with Crippen LogP contribution in [0.15, 0.2) is 47.4 Å². The van der Waals surface area contributed by atoms with Crippen LogP contribution >= 0.6 is 0 Å². The summed E-state index contributed by atoms with van der Waals surface area (Å²) < 4.78 is 32.6. The highest BCUT2D eigenvalue weighted by molar-refractivity contribution is 7.89. The van der Waals surface area contributed by atoms with Crippen molar-refractivity contribution in [3.8, 4) is 5.75 Å². The van der Waals surface area contributed by atoms with Gasteiger partial charge in [0, 0.05) is 17.7 Å². The van der Waals surface area contributed by atoms with Crippen LogP contribution < -0.4 is 9.46 Å². The Morgan fingerprint density at radius 2 is 1.85 bits per heavy atom. The van der Waals surface area contributed by atoms with Gasteiger partial charge in [0.15, 0.2) is 0 Å². The van der Waals surface area contributed by atoms with Gasteiger partial charge in [0.25, 0.3) is 5.69 Å². The number of methoxy groups -OCH3 is 1. The van der Waals surface area contributed by atoms with Gasteiger partial charge in [-0.3, -0.25) is 10.1 Å². The van der Waals surface area contributed by atoms with Gasteiger partial charge in [-0.25, -0.2) is 13.1 Å². The Labute approximate surface area is 153 Å². The number of nitrogens with zero attached hydrogens (tertiary/aromatic N) is 1. The Bertz CT molecular complexity index is 879. The molecule has 0 spiro atoms. The summed E-state index contributed by atoms with van der Waals surface area (Å²) in [7, 11) is -2.22. The topological polar surface area (TPSA) is 98.5 Å². The highest BCUT2D eigenvalue weighted by atomic mass is 32.2. The van der Waals surface area contributed by atoms with E-state index < -0.39 is 14.9 Å². The molecule has 0 aliphatic heterocycles. The molecule has 2 aromatic rings. The van der Waals surface area contributed by atoms with Crippen molar-refractivity contribution in [2.75, 3.05) is 7.11 Å². The molecule has 7 nitrogen and oxygen atoms in total. The molecule has 0 saturated heterocycles. The molecule has 0 radical (unpaired) electrons. The number of hydrogen-bond donors (Lipinski definition) is 1. The number of rotatable bonds is 8. The summed E-state index contributed by atoms with van der Waals surface area (Å²) in [5.74, 6) is 0.767. The fraction of sp³-hybridized carbons (Fsp3) is 0.333. The number of nitrogens with one attached hydrogen (secondary N) is 1. The van der Waals surface area contributed by atoms with Crippen LogP contribution in [0.5, 0.6) is 5.75 Å². The SMILES string of the molecule is COc1ccc(CCC(C)NS(=O)(=O)c2ccc(C)c([N+](=O)[O-])c2)cc1. The third-order valence-corrected chi connectivity index (χ3v) is 5.66. The van der Waals surface area contributed by atoms with E-state index in [9.17, 15) is 18.5 Å². The van der Waals surface area contributed by atoms with Crippen LogP contribution in [-0.2, 0) is 16.4 Å². The van der Waals surface area contributed by atoms with E-state index in [0.717, 1.165) is 17.4 Å². The normalized spacial score (nSPS) is 12.6. The second-order valence-corrected chi connectivity index (χ2v) is 7.83. The van der Waals surface area contributed by atoms with E-state index >= 15 is 0 Å². The van der Waals surface area contributed by atoms with E-state index in [1.54, 1.807) is 21.0 Å². The lowest BCUT2D eigenvalue weighted by molar-refractivity contribution is -0.385. The molecule has 0 fully saturated rings. The minimum absolute atomic E-state index is 0.105. The van der Waals surface area contributed by atoms with E-state index in [1.165, 1.54) is 12.1 Å². The van der Waals surface area contributed by atoms with Crippen LogP contribution in [0.4, 0.5) is 5.69 Å². The van der Waals surface area contributed by atoms with Crippen molar-refractivity contribution in [2.24, 2.45) is 0 Å². The quantitative estimate of drug-likeness (QED) is 0.562. The zero-order chi connectivity index (χ0) is 19.3. The van der Waals surface area contributed by atoms with Crippen LogP contribution in [0.2, 0.25) is 0 Å². The monoisotopic (exact) mass is 378 g/mol. The molecule has 0 aliphatic rings. The van der Waals surface area contributed by atoms with Crippen LogP contribution in [0.3, 0.4) is 0 Å². The summed E-state index contributed by atoms with van der Waals surface area (Å²) >= 11 is 0. The fourth-order valence-corrected chi connectivity index (χ4v) is 3.82. The molecule has 1 N–H and O–H groups in total. The van der Waals surface area contributed by atoms with Gasteiger partial charge < -0.3 is 4.74 Å². The van der Waals surface area contributed by atoms with E-state index in [0.29, 0.717) is 18.4 Å². The first-order chi connectivity index (χ1) is 12.2. The second-order valence-electron chi connectivity index (χ2n) is 6.11. The number of hydrogen-bond acceptors (Lipinski definition) is 5. The van der Waals surface area contributed by atoms with Gasteiger partial charge in [0.1, 0.15) is 5.75 Å². The van der Waals surface area contributed by atoms with Crippen LogP contribution in [0.1, 0.15) is 24.5 Å². The molecule has 0 amide bonds. The molecule has 0 heterocycles. The minimum atomic E-state index is -3.82. The van der Waals surface area contributed by atoms with Gasteiger partial charge >= 0.3 is 0 Å². The number of nitro benzene ring substituents is 1. The summed E-state index contributed by atoms with van der Waals surface area (Å²) in [5, 5.41) is 11.0. The molecule has 1 atom stereocenters. The first kappa shape index (κ1) is 19.9. The Balaban J connectivity index is 2.03. The second kappa shape index (κ2) is 8.29. The standard InChI is InChI=1S/C18H22N2O5S/c1-13-4-11-17(12-18(13)20(21)22)26(23,24)19-14(2)5-6-15-7-9-16(25-3)10-8-15/h4,7-12,14,19H,5-6H2,1-3H3. The van der Waals surface area contributed by atoms with Crippen LogP contribution in [0, 0.1) is 17.0 Å². The molecular weight excluding hydrogens is 356 g/mol. The Morgan fingerprint density at radius 3 is 2.42 bits per heavy atom. The summed E-state index contributed by atoms with van der Waals surface area (Å²) in [4.78, 5) is 10.3. The molecule has 2 aromatic carbocycles. The smallest absolute Gasteiger partial charge is 0.273 e. The number of benzene rings is 2. The highest BCUT2D eigenvalue weighted by Gasteiger charge is 2.21. The number of ether oxygens (including phenoxy) is 1. The lowest BCUT2D eigenvalue weighted by Crippen LogP contribution is -2.33. The van der Waals surface area contributed by atoms with E-state index in [1.807, 2.05) is 24.3 Å². The maximum absolute atomic E-state index is 12.5. The number of nitro groups is 1. The predicted molar refractivity (Wildman–Crippen MR) is 98.9 cm³/mol. The van der Waals surface area contributed by atoms with Crippen molar-refractivity contribution in [3.63, 3.8) is 0 Å². The van der Waals surface area contributed by atoms with Crippen molar-refractivity contribution >= 4 is 15.7 Å². The molecule has 140 valence electrons. The maximum Gasteiger partial charge on any atom is 0.273 e. The van der Waals surface area contributed by atoms with Crippen molar-refractivity contribution < 1.29 is 18.1 Å². The van der Waals surface area contributed by atoms with Crippen molar-refractivity contribution in [1.29, 1.82) is 0 Å². The maximum atomic E-state index is 12.5. The average Bonchev–Trinajstić information content (AvgIpc) is 2.60. The van der Waals surface area contributed by atoms with Gasteiger partial charge in [0.05, 0.1) is 16.9 Å². The molecule has 0 bridgehead atoms. The summed E-state index contributed by atoms with van der Waals surface area (Å²) in [6, 6.07) is 11.2. The zero-order valence-corrected chi connectivity index (χ0v) is 15.7. The number of aryl methyl sites for hydroxylation is 2. The number of sulfonamides is 1. The average molecular weight is 378 g/mol. The molecule has 26 heavy (non-hydrogen) atoms. The van der Waals surface area contributed by atoms with Crippen LogP contribution in [0.25, 0.3) is 0 Å². The van der Waals surface area contributed by atoms with Gasteiger partial charge in [-0.1, -0.05) is 18.2 Å². The molecule has 0 aliphatic carbocycles. The van der Waals surface area contributed by atoms with E-state index in [-0.39, 0.29) is 16.6 Å². The Morgan fingerprint density at radius 1 is 1.19 bits per heavy atom. The van der Waals surface area contributed by atoms with Crippen LogP contribution in [-0.4, -0.2) is 26.5 Å². The van der Waals surface area contributed by atoms with Crippen molar-refractivity contribution in [2.45, 2.75) is 37.6 Å². The fourth-order valence-electron chi connectivity index (χ4n) is 2.52. The van der Waals surface area contributed by atoms with Crippen molar-refractivity contribution in [1.82, 2.24) is 4.72 Å². The third-order valence-electron chi connectivity index (χ3n) is 4.07. The largest absolute Gasteiger partial charge is 0.497 e. The molecule has 8 heteroatoms. The lowest BCUT2D eigenvalue weighted by Gasteiger charge is -2.14. The molecule has 1 unspecified atom stereocenters. The van der Waals surface area contributed by atoms with Gasteiger partial charge in [0.2, 0.25) is 10.0 Å². The summed E-state index contributed by atoms with van der Waals surface area (Å²) in [5.41, 5.74) is 1.28. The highest BCUT2D eigenvalue weighted by Crippen LogP contribution is 2.22. The molecule has 0 saturated carbocycles. The predicted octanol–water partition coefficient (Wildman–Crippen LogP) is 3.21. The summed E-state index contributed by atoms with van der Waals surface area (Å²) in [6.07, 6.45) is 1.29. The first-order valence-corrected chi connectivity index (χ1v) is 9.61. The first-order valence-electron chi connectivity index (χ1n) is 8.13. The molecule has 2 rings (SSSR count). The summed E-state index contributed by atoms with van der Waals surface area (Å²) in [6.45, 7) is 3.34. The van der Waals surface area contributed by atoms with Gasteiger partial charge in [-0.2, -0.15) is 0 Å². The lowest BCUT2D eigenvalue weighted by atomic mass is 10.1. The third kappa shape index (κ3) is 5.03. The zero-order valence-electron chi connectivity index (χ0n) is 14.9.